The van der Waals surface area contributed by atoms with E-state index in [-0.39, 0.29) is 39.7 Å². The van der Waals surface area contributed by atoms with E-state index in [0.29, 0.717) is 11.1 Å². The van der Waals surface area contributed by atoms with Gasteiger partial charge in [-0.25, -0.2) is 0 Å². The van der Waals surface area contributed by atoms with Crippen LogP contribution in [0.15, 0.2) is 60.7 Å². The summed E-state index contributed by atoms with van der Waals surface area (Å²) in [5, 5.41) is 10.4. The average Bonchev–Trinajstić information content (AvgIpc) is 2.62. The Morgan fingerprint density at radius 3 is 1.88 bits per heavy atom. The number of ketones is 2. The van der Waals surface area contributed by atoms with Crippen molar-refractivity contribution >= 4 is 17.3 Å². The summed E-state index contributed by atoms with van der Waals surface area (Å²) in [5.41, 5.74) is 8.41. The molecule has 0 heterocycles. The summed E-state index contributed by atoms with van der Waals surface area (Å²) in [7, 11) is 0. The Bertz CT molecular complexity index is 1010. The Hall–Kier alpha value is -3.40. The second-order valence-electron chi connectivity index (χ2n) is 5.68. The second-order valence-corrected chi connectivity index (χ2v) is 5.68. The molecule has 4 nitrogen and oxygen atoms in total. The zero-order chi connectivity index (χ0) is 16.8. The zero-order valence-corrected chi connectivity index (χ0v) is 12.6. The van der Waals surface area contributed by atoms with Gasteiger partial charge in [0.1, 0.15) is 5.75 Å². The van der Waals surface area contributed by atoms with Gasteiger partial charge < -0.3 is 10.8 Å². The van der Waals surface area contributed by atoms with E-state index in [0.717, 1.165) is 5.56 Å². The maximum absolute atomic E-state index is 12.9. The highest BCUT2D eigenvalue weighted by Crippen LogP contribution is 2.41. The first-order valence-electron chi connectivity index (χ1n) is 7.49. The largest absolute Gasteiger partial charge is 0.507 e. The van der Waals surface area contributed by atoms with Crippen LogP contribution in [0.3, 0.4) is 0 Å². The van der Waals surface area contributed by atoms with Gasteiger partial charge in [-0.15, -0.1) is 0 Å². The maximum Gasteiger partial charge on any atom is 0.198 e. The SMILES string of the molecule is Nc1c(-c2ccccc2)cc(O)c2c1C(=O)c1ccccc1C2=O. The van der Waals surface area contributed by atoms with Gasteiger partial charge in [-0.2, -0.15) is 0 Å². The molecule has 0 fully saturated rings. The van der Waals surface area contributed by atoms with Gasteiger partial charge in [0.2, 0.25) is 0 Å². The van der Waals surface area contributed by atoms with Gasteiger partial charge in [0.15, 0.2) is 11.6 Å². The number of benzene rings is 3. The van der Waals surface area contributed by atoms with Crippen molar-refractivity contribution in [3.8, 4) is 16.9 Å². The number of rotatable bonds is 1. The van der Waals surface area contributed by atoms with Crippen molar-refractivity contribution in [3.63, 3.8) is 0 Å². The summed E-state index contributed by atoms with van der Waals surface area (Å²) in [4.78, 5) is 25.6. The third-order valence-electron chi connectivity index (χ3n) is 4.30. The molecule has 0 saturated heterocycles. The third kappa shape index (κ3) is 1.86. The number of fused-ring (bicyclic) bond motifs is 2. The summed E-state index contributed by atoms with van der Waals surface area (Å²) in [6.45, 7) is 0. The molecule has 0 aromatic heterocycles. The fourth-order valence-electron chi connectivity index (χ4n) is 3.15. The fourth-order valence-corrected chi connectivity index (χ4v) is 3.15. The normalized spacial score (nSPS) is 12.7. The smallest absolute Gasteiger partial charge is 0.198 e. The van der Waals surface area contributed by atoms with E-state index in [1.807, 2.05) is 30.3 Å². The number of nitrogen functional groups attached to an aromatic ring is 1. The molecule has 0 spiro atoms. The molecular weight excluding hydrogens is 302 g/mol. The number of hydrogen-bond donors (Lipinski definition) is 2. The van der Waals surface area contributed by atoms with Crippen molar-refractivity contribution in [2.24, 2.45) is 0 Å². The molecule has 4 rings (SSSR count). The molecule has 116 valence electrons. The van der Waals surface area contributed by atoms with Gasteiger partial charge in [-0.1, -0.05) is 54.6 Å². The molecule has 0 atom stereocenters. The quantitative estimate of drug-likeness (QED) is 0.416. The van der Waals surface area contributed by atoms with Crippen LogP contribution in [0, 0.1) is 0 Å². The number of hydrogen-bond acceptors (Lipinski definition) is 4. The highest BCUT2D eigenvalue weighted by atomic mass is 16.3. The van der Waals surface area contributed by atoms with Crippen LogP contribution < -0.4 is 5.73 Å². The lowest BCUT2D eigenvalue weighted by molar-refractivity contribution is 0.0977. The number of carbonyl (C=O) groups excluding carboxylic acids is 2. The van der Waals surface area contributed by atoms with E-state index in [1.54, 1.807) is 24.3 Å². The average molecular weight is 315 g/mol. The highest BCUT2D eigenvalue weighted by molar-refractivity contribution is 6.31. The highest BCUT2D eigenvalue weighted by Gasteiger charge is 2.34. The second kappa shape index (κ2) is 5.06. The molecule has 1 aliphatic carbocycles. The first kappa shape index (κ1) is 14.2. The molecule has 0 aliphatic heterocycles. The van der Waals surface area contributed by atoms with E-state index in [1.165, 1.54) is 6.07 Å². The van der Waals surface area contributed by atoms with Crippen molar-refractivity contribution < 1.29 is 14.7 Å². The number of aromatic hydroxyl groups is 1. The molecular formula is C20H13NO3. The predicted octanol–water partition coefficient (Wildman–Crippen LogP) is 3.42. The van der Waals surface area contributed by atoms with Crippen LogP contribution in [-0.2, 0) is 0 Å². The van der Waals surface area contributed by atoms with E-state index < -0.39 is 0 Å². The third-order valence-corrected chi connectivity index (χ3v) is 4.30. The minimum Gasteiger partial charge on any atom is -0.507 e. The zero-order valence-electron chi connectivity index (χ0n) is 12.6. The number of anilines is 1. The molecule has 0 amide bonds. The standard InChI is InChI=1S/C20H13NO3/c21-18-14(11-6-2-1-3-7-11)10-15(22)16-17(18)20(24)13-9-5-4-8-12(13)19(16)23/h1-10,22H,21H2. The molecule has 0 unspecified atom stereocenters. The number of phenols is 1. The summed E-state index contributed by atoms with van der Waals surface area (Å²) in [5.74, 6) is -0.958. The molecule has 3 N–H and O–H groups in total. The molecule has 3 aromatic rings. The molecule has 0 bridgehead atoms. The Morgan fingerprint density at radius 2 is 1.25 bits per heavy atom. The number of carbonyl (C=O) groups is 2. The Kier molecular flexibility index (Phi) is 3.00. The van der Waals surface area contributed by atoms with Gasteiger partial charge in [0.25, 0.3) is 0 Å². The number of phenolic OH excluding ortho intramolecular Hbond substituents is 1. The first-order valence-corrected chi connectivity index (χ1v) is 7.49. The fraction of sp³-hybridized carbons (Fsp3) is 0. The first-order chi connectivity index (χ1) is 11.6. The van der Waals surface area contributed by atoms with Crippen LogP contribution >= 0.6 is 0 Å². The Balaban J connectivity index is 2.04. The summed E-state index contributed by atoms with van der Waals surface area (Å²) in [6, 6.07) is 17.2. The predicted molar refractivity (Wildman–Crippen MR) is 91.3 cm³/mol. The van der Waals surface area contributed by atoms with Crippen LogP contribution in [0.5, 0.6) is 5.75 Å². The molecule has 3 aromatic carbocycles. The van der Waals surface area contributed by atoms with Crippen molar-refractivity contribution in [1.82, 2.24) is 0 Å². The van der Waals surface area contributed by atoms with Gasteiger partial charge in [0, 0.05) is 16.7 Å². The minimum atomic E-state index is -0.385. The summed E-state index contributed by atoms with van der Waals surface area (Å²) in [6.07, 6.45) is 0. The maximum atomic E-state index is 12.9. The van der Waals surface area contributed by atoms with Crippen LogP contribution in [-0.4, -0.2) is 16.7 Å². The molecule has 24 heavy (non-hydrogen) atoms. The van der Waals surface area contributed by atoms with E-state index in [9.17, 15) is 14.7 Å². The topological polar surface area (TPSA) is 80.4 Å². The van der Waals surface area contributed by atoms with Crippen molar-refractivity contribution in [2.45, 2.75) is 0 Å². The Morgan fingerprint density at radius 1 is 0.708 bits per heavy atom. The Labute approximate surface area is 138 Å². The minimum absolute atomic E-state index is 0.0177. The van der Waals surface area contributed by atoms with Crippen LogP contribution in [0.1, 0.15) is 31.8 Å². The summed E-state index contributed by atoms with van der Waals surface area (Å²) >= 11 is 0. The lowest BCUT2D eigenvalue weighted by Crippen LogP contribution is -2.22. The van der Waals surface area contributed by atoms with Crippen molar-refractivity contribution in [2.75, 3.05) is 5.73 Å². The van der Waals surface area contributed by atoms with Crippen LogP contribution in [0.4, 0.5) is 5.69 Å². The van der Waals surface area contributed by atoms with Crippen molar-refractivity contribution in [3.05, 3.63) is 82.9 Å². The molecule has 4 heteroatoms. The van der Waals surface area contributed by atoms with Gasteiger partial charge in [-0.05, 0) is 11.6 Å². The van der Waals surface area contributed by atoms with E-state index >= 15 is 0 Å². The summed E-state index contributed by atoms with van der Waals surface area (Å²) < 4.78 is 0. The number of nitrogens with two attached hydrogens (primary N) is 1. The van der Waals surface area contributed by atoms with Crippen molar-refractivity contribution in [1.29, 1.82) is 0 Å². The van der Waals surface area contributed by atoms with Crippen LogP contribution in [0.2, 0.25) is 0 Å². The monoisotopic (exact) mass is 315 g/mol. The van der Waals surface area contributed by atoms with Crippen LogP contribution in [0.25, 0.3) is 11.1 Å². The van der Waals surface area contributed by atoms with Gasteiger partial charge in [-0.3, -0.25) is 9.59 Å². The molecule has 0 radical (unpaired) electrons. The van der Waals surface area contributed by atoms with E-state index in [4.69, 9.17) is 5.73 Å². The van der Waals surface area contributed by atoms with E-state index in [2.05, 4.69) is 0 Å². The van der Waals surface area contributed by atoms with Gasteiger partial charge in [0.05, 0.1) is 16.8 Å². The lowest BCUT2D eigenvalue weighted by Gasteiger charge is -2.21. The van der Waals surface area contributed by atoms with Gasteiger partial charge >= 0.3 is 0 Å². The molecule has 0 saturated carbocycles. The lowest BCUT2D eigenvalue weighted by atomic mass is 9.81. The molecule has 1 aliphatic rings.